The van der Waals surface area contributed by atoms with E-state index in [0.717, 1.165) is 42.4 Å². The van der Waals surface area contributed by atoms with Crippen molar-refractivity contribution in [2.24, 2.45) is 29.6 Å². The second kappa shape index (κ2) is 11.8. The van der Waals surface area contributed by atoms with Crippen molar-refractivity contribution in [3.8, 4) is 5.75 Å². The Hall–Kier alpha value is -1.38. The molecule has 3 heteroatoms. The molecule has 0 heterocycles. The van der Waals surface area contributed by atoms with Gasteiger partial charge in [0, 0.05) is 0 Å². The molecule has 0 amide bonds. The first-order chi connectivity index (χ1) is 16.1. The Bertz CT molecular complexity index is 751. The number of ether oxygens (including phenoxy) is 1. The fourth-order valence-corrected chi connectivity index (χ4v) is 7.42. The Labute approximate surface area is 200 Å². The molecule has 0 unspecified atom stereocenters. The standard InChI is InChI=1S/C30H44F2O/c1-3-5-6-21-7-9-22(10-8-21)23-11-13-24(14-12-23)25-15-17-26(18-16-25)27-19-20-28(33-4-2)30(32)29(27)31/h3,19-26H,1,4-18H2,2H3. The summed E-state index contributed by atoms with van der Waals surface area (Å²) in [5.74, 6) is 3.19. The SMILES string of the molecule is C=CCCC1CCC(C2CCC(C3CCC(c4ccc(OCC)c(F)c4F)CC3)CC2)CC1. The molecule has 0 aliphatic heterocycles. The van der Waals surface area contributed by atoms with E-state index in [4.69, 9.17) is 4.74 Å². The van der Waals surface area contributed by atoms with Gasteiger partial charge in [-0.2, -0.15) is 4.39 Å². The van der Waals surface area contributed by atoms with Gasteiger partial charge in [0.1, 0.15) is 0 Å². The van der Waals surface area contributed by atoms with Gasteiger partial charge in [0.15, 0.2) is 11.6 Å². The molecule has 1 aromatic rings. The molecule has 0 aromatic heterocycles. The van der Waals surface area contributed by atoms with E-state index in [9.17, 15) is 8.78 Å². The van der Waals surface area contributed by atoms with E-state index in [-0.39, 0.29) is 11.7 Å². The molecule has 4 rings (SSSR count). The van der Waals surface area contributed by atoms with E-state index in [0.29, 0.717) is 12.2 Å². The Kier molecular flexibility index (Phi) is 8.88. The number of hydrogen-bond donors (Lipinski definition) is 0. The summed E-state index contributed by atoms with van der Waals surface area (Å²) >= 11 is 0. The average molecular weight is 459 g/mol. The molecule has 3 saturated carbocycles. The number of hydrogen-bond acceptors (Lipinski definition) is 1. The van der Waals surface area contributed by atoms with E-state index < -0.39 is 11.6 Å². The van der Waals surface area contributed by atoms with Crippen LogP contribution in [0.4, 0.5) is 8.78 Å². The van der Waals surface area contributed by atoms with Gasteiger partial charge in [-0.3, -0.25) is 0 Å². The fraction of sp³-hybridized carbons (Fsp3) is 0.733. The highest BCUT2D eigenvalue weighted by atomic mass is 19.2. The molecule has 0 bridgehead atoms. The quantitative estimate of drug-likeness (QED) is 0.353. The monoisotopic (exact) mass is 458 g/mol. The lowest BCUT2D eigenvalue weighted by Gasteiger charge is -2.41. The molecule has 184 valence electrons. The van der Waals surface area contributed by atoms with Gasteiger partial charge in [0.05, 0.1) is 6.61 Å². The van der Waals surface area contributed by atoms with Gasteiger partial charge in [0.25, 0.3) is 0 Å². The van der Waals surface area contributed by atoms with Crippen LogP contribution in [0.3, 0.4) is 0 Å². The van der Waals surface area contributed by atoms with Crippen LogP contribution in [-0.2, 0) is 0 Å². The minimum atomic E-state index is -0.815. The zero-order chi connectivity index (χ0) is 23.2. The minimum Gasteiger partial charge on any atom is -0.491 e. The third-order valence-corrected chi connectivity index (χ3v) is 9.41. The van der Waals surface area contributed by atoms with Crippen LogP contribution in [0.2, 0.25) is 0 Å². The minimum absolute atomic E-state index is 0.0365. The van der Waals surface area contributed by atoms with E-state index in [2.05, 4.69) is 12.7 Å². The first-order valence-electron chi connectivity index (χ1n) is 13.8. The number of rotatable bonds is 8. The van der Waals surface area contributed by atoms with Crippen LogP contribution in [0, 0.1) is 41.2 Å². The Morgan fingerprint density at radius 1 is 0.788 bits per heavy atom. The fourth-order valence-electron chi connectivity index (χ4n) is 7.42. The van der Waals surface area contributed by atoms with Crippen molar-refractivity contribution in [1.82, 2.24) is 0 Å². The molecule has 0 N–H and O–H groups in total. The van der Waals surface area contributed by atoms with E-state index in [1.54, 1.807) is 19.1 Å². The maximum atomic E-state index is 14.7. The molecule has 33 heavy (non-hydrogen) atoms. The van der Waals surface area contributed by atoms with Crippen LogP contribution in [0.1, 0.15) is 108 Å². The summed E-state index contributed by atoms with van der Waals surface area (Å²) in [5.41, 5.74) is 0.557. The summed E-state index contributed by atoms with van der Waals surface area (Å²) in [6.07, 6.45) is 20.3. The summed E-state index contributed by atoms with van der Waals surface area (Å²) in [7, 11) is 0. The Morgan fingerprint density at radius 3 is 1.82 bits per heavy atom. The van der Waals surface area contributed by atoms with Crippen LogP contribution in [0.25, 0.3) is 0 Å². The van der Waals surface area contributed by atoms with Crippen LogP contribution >= 0.6 is 0 Å². The average Bonchev–Trinajstić information content (AvgIpc) is 2.86. The van der Waals surface area contributed by atoms with E-state index >= 15 is 0 Å². The molecule has 1 nitrogen and oxygen atoms in total. The molecule has 3 fully saturated rings. The van der Waals surface area contributed by atoms with Crippen molar-refractivity contribution in [3.05, 3.63) is 42.0 Å². The summed E-state index contributed by atoms with van der Waals surface area (Å²) in [5, 5.41) is 0. The summed E-state index contributed by atoms with van der Waals surface area (Å²) < 4.78 is 34.2. The lowest BCUT2D eigenvalue weighted by molar-refractivity contribution is 0.109. The smallest absolute Gasteiger partial charge is 0.200 e. The molecule has 1 aromatic carbocycles. The largest absolute Gasteiger partial charge is 0.491 e. The summed E-state index contributed by atoms with van der Waals surface area (Å²) in [4.78, 5) is 0. The Balaban J connectivity index is 1.22. The molecule has 3 aliphatic rings. The number of halogens is 2. The van der Waals surface area contributed by atoms with Crippen molar-refractivity contribution >= 4 is 0 Å². The predicted molar refractivity (Wildman–Crippen MR) is 133 cm³/mol. The van der Waals surface area contributed by atoms with Crippen molar-refractivity contribution in [2.45, 2.75) is 103 Å². The number of benzene rings is 1. The van der Waals surface area contributed by atoms with Crippen molar-refractivity contribution in [3.63, 3.8) is 0 Å². The first kappa shape index (κ1) is 24.7. The molecule has 0 spiro atoms. The molecule has 0 saturated heterocycles. The lowest BCUT2D eigenvalue weighted by Crippen LogP contribution is -2.29. The van der Waals surface area contributed by atoms with Crippen molar-refractivity contribution in [2.75, 3.05) is 6.61 Å². The molecule has 3 aliphatic carbocycles. The topological polar surface area (TPSA) is 9.23 Å². The predicted octanol–water partition coefficient (Wildman–Crippen LogP) is 9.22. The Morgan fingerprint density at radius 2 is 1.30 bits per heavy atom. The third kappa shape index (κ3) is 6.01. The maximum Gasteiger partial charge on any atom is 0.200 e. The van der Waals surface area contributed by atoms with Crippen molar-refractivity contribution < 1.29 is 13.5 Å². The second-order valence-corrected chi connectivity index (χ2v) is 11.1. The van der Waals surface area contributed by atoms with Gasteiger partial charge in [-0.15, -0.1) is 6.58 Å². The first-order valence-corrected chi connectivity index (χ1v) is 13.8. The van der Waals surface area contributed by atoms with E-state index in [1.807, 2.05) is 0 Å². The zero-order valence-electron chi connectivity index (χ0n) is 20.7. The highest BCUT2D eigenvalue weighted by Gasteiger charge is 2.35. The normalized spacial score (nSPS) is 32.9. The van der Waals surface area contributed by atoms with Gasteiger partial charge in [-0.1, -0.05) is 25.0 Å². The highest BCUT2D eigenvalue weighted by Crippen LogP contribution is 2.48. The third-order valence-electron chi connectivity index (χ3n) is 9.41. The molecule has 0 atom stereocenters. The van der Waals surface area contributed by atoms with Gasteiger partial charge in [-0.25, -0.2) is 4.39 Å². The van der Waals surface area contributed by atoms with Crippen LogP contribution in [0.5, 0.6) is 5.75 Å². The van der Waals surface area contributed by atoms with Gasteiger partial charge in [0.2, 0.25) is 5.82 Å². The maximum absolute atomic E-state index is 14.7. The van der Waals surface area contributed by atoms with Gasteiger partial charge in [-0.05, 0) is 131 Å². The summed E-state index contributed by atoms with van der Waals surface area (Å²) in [6, 6.07) is 3.36. The van der Waals surface area contributed by atoms with Crippen LogP contribution in [-0.4, -0.2) is 6.61 Å². The molecular weight excluding hydrogens is 414 g/mol. The lowest BCUT2D eigenvalue weighted by atomic mass is 9.64. The van der Waals surface area contributed by atoms with Crippen LogP contribution < -0.4 is 4.74 Å². The second-order valence-electron chi connectivity index (χ2n) is 11.1. The molecule has 0 radical (unpaired) electrons. The number of allylic oxidation sites excluding steroid dienone is 1. The van der Waals surface area contributed by atoms with Crippen molar-refractivity contribution in [1.29, 1.82) is 0 Å². The summed E-state index contributed by atoms with van der Waals surface area (Å²) in [6.45, 7) is 6.01. The highest BCUT2D eigenvalue weighted by molar-refractivity contribution is 5.33. The van der Waals surface area contributed by atoms with Gasteiger partial charge >= 0.3 is 0 Å². The zero-order valence-corrected chi connectivity index (χ0v) is 20.7. The van der Waals surface area contributed by atoms with Crippen LogP contribution in [0.15, 0.2) is 24.8 Å². The van der Waals surface area contributed by atoms with Gasteiger partial charge < -0.3 is 4.74 Å². The molecular formula is C30H44F2O. The van der Waals surface area contributed by atoms with E-state index in [1.165, 1.54) is 77.0 Å².